The number of nitrogens with zero attached hydrogens (tertiary/aromatic N) is 1. The van der Waals surface area contributed by atoms with Crippen molar-refractivity contribution in [3.8, 4) is 0 Å². The molecule has 0 atom stereocenters. The van der Waals surface area contributed by atoms with E-state index >= 15 is 0 Å². The third kappa shape index (κ3) is 4.71. The van der Waals surface area contributed by atoms with E-state index in [1.54, 1.807) is 12.1 Å². The Morgan fingerprint density at radius 1 is 1.19 bits per heavy atom. The summed E-state index contributed by atoms with van der Waals surface area (Å²) in [5.41, 5.74) is 0.171. The van der Waals surface area contributed by atoms with Crippen LogP contribution < -0.4 is 5.32 Å². The molecule has 1 aliphatic carbocycles. The van der Waals surface area contributed by atoms with Gasteiger partial charge in [0.1, 0.15) is 5.70 Å². The normalized spacial score (nSPS) is 14.8. The third-order valence-corrected chi connectivity index (χ3v) is 4.00. The van der Waals surface area contributed by atoms with Gasteiger partial charge in [0.2, 0.25) is 0 Å². The van der Waals surface area contributed by atoms with Crippen molar-refractivity contribution in [3.05, 3.63) is 41.1 Å². The van der Waals surface area contributed by atoms with Crippen molar-refractivity contribution in [1.82, 2.24) is 4.90 Å². The van der Waals surface area contributed by atoms with Crippen LogP contribution in [0.2, 0.25) is 0 Å². The lowest BCUT2D eigenvalue weighted by Gasteiger charge is -2.23. The van der Waals surface area contributed by atoms with Gasteiger partial charge < -0.3 is 5.32 Å². The first-order valence-electron chi connectivity index (χ1n) is 7.99. The number of hydrogen-bond donors (Lipinski definition) is 1. The highest BCUT2D eigenvalue weighted by molar-refractivity contribution is 5.99. The zero-order valence-corrected chi connectivity index (χ0v) is 14.6. The molecule has 0 aliphatic heterocycles. The van der Waals surface area contributed by atoms with Crippen LogP contribution in [0.25, 0.3) is 0 Å². The topological polar surface area (TPSA) is 66.5 Å². The van der Waals surface area contributed by atoms with Crippen LogP contribution >= 0.6 is 0 Å². The molecule has 1 aliphatic rings. The molecule has 0 radical (unpaired) electrons. The standard InChI is InChI=1S/C18H19F3N2O3/c1-10(24)8-16(18(19,20)21)23(3)17(26)22-13-6-7-14(12-4-5-12)15(9-13)11(2)25/h6-9,12H,4-5H2,1-3H3,(H,22,26)/b16-8-. The van der Waals surface area contributed by atoms with Gasteiger partial charge in [0.05, 0.1) is 0 Å². The number of hydrogen-bond acceptors (Lipinski definition) is 3. The van der Waals surface area contributed by atoms with Gasteiger partial charge in [-0.1, -0.05) is 6.07 Å². The summed E-state index contributed by atoms with van der Waals surface area (Å²) in [6.07, 6.45) is -2.53. The molecule has 5 nitrogen and oxygen atoms in total. The summed E-state index contributed by atoms with van der Waals surface area (Å²) >= 11 is 0. The lowest BCUT2D eigenvalue weighted by atomic mass is 10.00. The second kappa shape index (κ2) is 7.31. The molecule has 2 rings (SSSR count). The fourth-order valence-electron chi connectivity index (χ4n) is 2.57. The number of allylic oxidation sites excluding steroid dienone is 2. The first-order chi connectivity index (χ1) is 12.0. The largest absolute Gasteiger partial charge is 0.431 e. The summed E-state index contributed by atoms with van der Waals surface area (Å²) in [6, 6.07) is 3.65. The van der Waals surface area contributed by atoms with Gasteiger partial charge in [0.15, 0.2) is 11.6 Å². The minimum atomic E-state index is -4.86. The maximum absolute atomic E-state index is 13.1. The molecule has 0 unspecified atom stereocenters. The van der Waals surface area contributed by atoms with Gasteiger partial charge in [0, 0.05) is 24.4 Å². The zero-order chi connectivity index (χ0) is 19.6. The van der Waals surface area contributed by atoms with Crippen LogP contribution in [0.4, 0.5) is 23.7 Å². The molecule has 26 heavy (non-hydrogen) atoms. The van der Waals surface area contributed by atoms with Crippen molar-refractivity contribution in [2.75, 3.05) is 12.4 Å². The highest BCUT2D eigenvalue weighted by Gasteiger charge is 2.39. The van der Waals surface area contributed by atoms with E-state index in [0.717, 1.165) is 32.4 Å². The summed E-state index contributed by atoms with van der Waals surface area (Å²) < 4.78 is 39.2. The molecular formula is C18H19F3N2O3. The number of benzene rings is 1. The molecule has 0 bridgehead atoms. The maximum Gasteiger partial charge on any atom is 0.431 e. The average Bonchev–Trinajstić information content (AvgIpc) is 3.35. The Morgan fingerprint density at radius 2 is 1.81 bits per heavy atom. The fraction of sp³-hybridized carbons (Fsp3) is 0.389. The molecule has 0 saturated heterocycles. The lowest BCUT2D eigenvalue weighted by Crippen LogP contribution is -2.37. The number of urea groups is 1. The van der Waals surface area contributed by atoms with Crippen molar-refractivity contribution in [1.29, 1.82) is 0 Å². The van der Waals surface area contributed by atoms with Crippen LogP contribution in [0.3, 0.4) is 0 Å². The van der Waals surface area contributed by atoms with Gasteiger partial charge >= 0.3 is 12.2 Å². The number of amides is 2. The van der Waals surface area contributed by atoms with E-state index in [9.17, 15) is 27.6 Å². The molecule has 140 valence electrons. The Morgan fingerprint density at radius 3 is 2.27 bits per heavy atom. The number of Topliss-reactive ketones (excluding diaryl/α,β-unsaturated/α-hetero) is 1. The van der Waals surface area contributed by atoms with Crippen molar-refractivity contribution in [2.24, 2.45) is 0 Å². The Bertz CT molecular complexity index is 780. The molecule has 2 amide bonds. The van der Waals surface area contributed by atoms with E-state index in [0.29, 0.717) is 22.5 Å². The Kier molecular flexibility index (Phi) is 5.53. The average molecular weight is 368 g/mol. The molecule has 1 aromatic rings. The molecule has 0 aromatic heterocycles. The first-order valence-corrected chi connectivity index (χ1v) is 7.99. The summed E-state index contributed by atoms with van der Waals surface area (Å²) in [5.74, 6) is -0.690. The van der Waals surface area contributed by atoms with E-state index in [1.807, 2.05) is 0 Å². The van der Waals surface area contributed by atoms with Gasteiger partial charge in [-0.25, -0.2) is 4.79 Å². The van der Waals surface area contributed by atoms with Gasteiger partial charge in [-0.3, -0.25) is 14.5 Å². The predicted molar refractivity (Wildman–Crippen MR) is 90.0 cm³/mol. The second-order valence-electron chi connectivity index (χ2n) is 6.26. The summed E-state index contributed by atoms with van der Waals surface area (Å²) in [7, 11) is 0.919. The first kappa shape index (κ1) is 19.7. The van der Waals surface area contributed by atoms with E-state index < -0.39 is 23.7 Å². The molecule has 0 spiro atoms. The van der Waals surface area contributed by atoms with Gasteiger partial charge in [0.25, 0.3) is 0 Å². The van der Waals surface area contributed by atoms with Gasteiger partial charge in [-0.2, -0.15) is 13.2 Å². The molecular weight excluding hydrogens is 349 g/mol. The maximum atomic E-state index is 13.1. The zero-order valence-electron chi connectivity index (χ0n) is 14.6. The van der Waals surface area contributed by atoms with E-state index in [4.69, 9.17) is 0 Å². The number of alkyl halides is 3. The van der Waals surface area contributed by atoms with Crippen LogP contribution in [-0.4, -0.2) is 35.7 Å². The van der Waals surface area contributed by atoms with Crippen molar-refractivity contribution >= 4 is 23.3 Å². The Hall–Kier alpha value is -2.64. The fourth-order valence-corrected chi connectivity index (χ4v) is 2.57. The molecule has 1 saturated carbocycles. The van der Waals surface area contributed by atoms with Gasteiger partial charge in [-0.15, -0.1) is 0 Å². The number of halogens is 3. The summed E-state index contributed by atoms with van der Waals surface area (Å²) in [6.45, 7) is 2.36. The van der Waals surface area contributed by atoms with Crippen LogP contribution in [0.15, 0.2) is 30.0 Å². The highest BCUT2D eigenvalue weighted by atomic mass is 19.4. The Balaban J connectivity index is 2.24. The molecule has 1 aromatic carbocycles. The van der Waals surface area contributed by atoms with Crippen LogP contribution in [0.5, 0.6) is 0 Å². The molecule has 8 heteroatoms. The molecule has 1 N–H and O–H groups in total. The SMILES string of the molecule is CC(=O)/C=C(\N(C)C(=O)Nc1ccc(C2CC2)c(C(C)=O)c1)C(F)(F)F. The number of anilines is 1. The predicted octanol–water partition coefficient (Wildman–Crippen LogP) is 4.27. The quantitative estimate of drug-likeness (QED) is 0.624. The van der Waals surface area contributed by atoms with Crippen molar-refractivity contribution < 1.29 is 27.6 Å². The van der Waals surface area contributed by atoms with E-state index in [2.05, 4.69) is 5.32 Å². The summed E-state index contributed by atoms with van der Waals surface area (Å²) in [5, 5.41) is 2.33. The molecule has 1 fully saturated rings. The van der Waals surface area contributed by atoms with E-state index in [1.165, 1.54) is 13.0 Å². The monoisotopic (exact) mass is 368 g/mol. The Labute approximate surface area is 148 Å². The number of rotatable bonds is 5. The van der Waals surface area contributed by atoms with Crippen LogP contribution in [0.1, 0.15) is 48.5 Å². The number of ketones is 2. The van der Waals surface area contributed by atoms with Crippen molar-refractivity contribution in [2.45, 2.75) is 38.8 Å². The van der Waals surface area contributed by atoms with Crippen molar-refractivity contribution in [3.63, 3.8) is 0 Å². The lowest BCUT2D eigenvalue weighted by molar-refractivity contribution is -0.116. The van der Waals surface area contributed by atoms with E-state index in [-0.39, 0.29) is 11.5 Å². The smallest absolute Gasteiger partial charge is 0.308 e. The van der Waals surface area contributed by atoms with Crippen LogP contribution in [-0.2, 0) is 4.79 Å². The minimum absolute atomic E-state index is 0.177. The van der Waals surface area contributed by atoms with Gasteiger partial charge in [-0.05, 0) is 50.3 Å². The number of nitrogens with one attached hydrogen (secondary N) is 1. The third-order valence-electron chi connectivity index (χ3n) is 4.00. The highest BCUT2D eigenvalue weighted by Crippen LogP contribution is 2.42. The minimum Gasteiger partial charge on any atom is -0.308 e. The number of carbonyl (C=O) groups excluding carboxylic acids is 3. The second-order valence-corrected chi connectivity index (χ2v) is 6.26. The number of carbonyl (C=O) groups is 3. The van der Waals surface area contributed by atoms with Crippen LogP contribution in [0, 0.1) is 0 Å². The summed E-state index contributed by atoms with van der Waals surface area (Å²) in [4.78, 5) is 35.3. The molecule has 0 heterocycles.